The topological polar surface area (TPSA) is 21.3 Å². The van der Waals surface area contributed by atoms with Crippen LogP contribution in [-0.4, -0.2) is 6.54 Å². The Morgan fingerprint density at radius 2 is 1.95 bits per heavy atom. The maximum absolute atomic E-state index is 14.0. The van der Waals surface area contributed by atoms with Gasteiger partial charge in [-0.05, 0) is 43.1 Å². The van der Waals surface area contributed by atoms with Gasteiger partial charge in [-0.25, -0.2) is 4.39 Å². The fourth-order valence-corrected chi connectivity index (χ4v) is 2.14. The van der Waals surface area contributed by atoms with E-state index in [2.05, 4.69) is 12.2 Å². The van der Waals surface area contributed by atoms with Crippen LogP contribution in [0, 0.1) is 12.7 Å². The summed E-state index contributed by atoms with van der Waals surface area (Å²) >= 11 is 0. The molecule has 1 N–H and O–H groups in total. The summed E-state index contributed by atoms with van der Waals surface area (Å²) in [6.45, 7) is 6.14. The molecule has 0 amide bonds. The number of hydrogen-bond donors (Lipinski definition) is 1. The third-order valence-corrected chi connectivity index (χ3v) is 3.23. The van der Waals surface area contributed by atoms with Crippen LogP contribution in [0.5, 0.6) is 5.75 Å². The van der Waals surface area contributed by atoms with Gasteiger partial charge in [0.1, 0.15) is 6.61 Å². The second-order valence-electron chi connectivity index (χ2n) is 5.22. The highest BCUT2D eigenvalue weighted by atomic mass is 19.1. The normalized spacial score (nSPS) is 10.6. The minimum absolute atomic E-state index is 0.302. The summed E-state index contributed by atoms with van der Waals surface area (Å²) < 4.78 is 19.6. The lowest BCUT2D eigenvalue weighted by atomic mass is 10.1. The van der Waals surface area contributed by atoms with E-state index in [0.717, 1.165) is 24.1 Å². The van der Waals surface area contributed by atoms with Crippen LogP contribution in [0.1, 0.15) is 30.0 Å². The van der Waals surface area contributed by atoms with Crippen molar-refractivity contribution >= 4 is 0 Å². The lowest BCUT2D eigenvalue weighted by Crippen LogP contribution is -2.13. The molecule has 0 atom stereocenters. The molecule has 21 heavy (non-hydrogen) atoms. The van der Waals surface area contributed by atoms with Crippen molar-refractivity contribution in [2.75, 3.05) is 6.54 Å². The van der Waals surface area contributed by atoms with Crippen molar-refractivity contribution in [1.82, 2.24) is 5.32 Å². The Balaban J connectivity index is 1.94. The van der Waals surface area contributed by atoms with E-state index in [1.54, 1.807) is 6.07 Å². The van der Waals surface area contributed by atoms with E-state index in [0.29, 0.717) is 18.9 Å². The van der Waals surface area contributed by atoms with E-state index in [1.807, 2.05) is 37.3 Å². The molecule has 0 radical (unpaired) electrons. The molecule has 2 rings (SSSR count). The van der Waals surface area contributed by atoms with Gasteiger partial charge in [-0.2, -0.15) is 0 Å². The highest BCUT2D eigenvalue weighted by Crippen LogP contribution is 2.20. The third-order valence-electron chi connectivity index (χ3n) is 3.23. The number of hydrogen-bond acceptors (Lipinski definition) is 2. The number of halogens is 1. The number of aryl methyl sites for hydroxylation is 1. The van der Waals surface area contributed by atoms with Crippen LogP contribution in [0.4, 0.5) is 4.39 Å². The molecule has 0 unspecified atom stereocenters. The molecule has 2 nitrogen and oxygen atoms in total. The van der Waals surface area contributed by atoms with E-state index in [1.165, 1.54) is 11.6 Å². The van der Waals surface area contributed by atoms with Gasteiger partial charge >= 0.3 is 0 Å². The zero-order valence-corrected chi connectivity index (χ0v) is 12.7. The van der Waals surface area contributed by atoms with Gasteiger partial charge in [0, 0.05) is 6.54 Å². The molecular formula is C18H22FNO. The van der Waals surface area contributed by atoms with Crippen molar-refractivity contribution in [3.05, 3.63) is 65.0 Å². The quantitative estimate of drug-likeness (QED) is 0.770. The zero-order valence-electron chi connectivity index (χ0n) is 12.7. The van der Waals surface area contributed by atoms with Gasteiger partial charge in [0.15, 0.2) is 11.6 Å². The first kappa shape index (κ1) is 15.5. The van der Waals surface area contributed by atoms with Crippen molar-refractivity contribution in [1.29, 1.82) is 0 Å². The van der Waals surface area contributed by atoms with Gasteiger partial charge < -0.3 is 10.1 Å². The molecule has 0 aliphatic carbocycles. The Kier molecular flexibility index (Phi) is 5.76. The summed E-state index contributed by atoms with van der Waals surface area (Å²) in [5.41, 5.74) is 3.15. The van der Waals surface area contributed by atoms with Crippen molar-refractivity contribution in [2.24, 2.45) is 0 Å². The van der Waals surface area contributed by atoms with E-state index in [9.17, 15) is 4.39 Å². The van der Waals surface area contributed by atoms with Crippen molar-refractivity contribution in [2.45, 2.75) is 33.4 Å². The van der Waals surface area contributed by atoms with E-state index < -0.39 is 0 Å². The van der Waals surface area contributed by atoms with Crippen LogP contribution in [0.15, 0.2) is 42.5 Å². The van der Waals surface area contributed by atoms with E-state index in [4.69, 9.17) is 4.74 Å². The maximum Gasteiger partial charge on any atom is 0.165 e. The Morgan fingerprint density at radius 3 is 2.67 bits per heavy atom. The number of rotatable bonds is 7. The first-order valence-corrected chi connectivity index (χ1v) is 7.36. The molecule has 112 valence electrons. The molecule has 0 saturated carbocycles. The predicted octanol–water partition coefficient (Wildman–Crippen LogP) is 4.21. The van der Waals surface area contributed by atoms with Crippen molar-refractivity contribution < 1.29 is 9.13 Å². The second kappa shape index (κ2) is 7.79. The summed E-state index contributed by atoms with van der Waals surface area (Å²) in [6, 6.07) is 13.2. The van der Waals surface area contributed by atoms with Crippen LogP contribution in [0.25, 0.3) is 0 Å². The zero-order chi connectivity index (χ0) is 15.1. The molecule has 2 aromatic carbocycles. The fourth-order valence-electron chi connectivity index (χ4n) is 2.14. The maximum atomic E-state index is 14.0. The second-order valence-corrected chi connectivity index (χ2v) is 5.22. The Hall–Kier alpha value is -1.87. The molecule has 0 bridgehead atoms. The Morgan fingerprint density at radius 1 is 1.10 bits per heavy atom. The Labute approximate surface area is 126 Å². The molecule has 0 fully saturated rings. The van der Waals surface area contributed by atoms with Crippen LogP contribution < -0.4 is 10.1 Å². The number of benzene rings is 2. The summed E-state index contributed by atoms with van der Waals surface area (Å²) in [4.78, 5) is 0. The molecule has 0 spiro atoms. The molecule has 0 heterocycles. The molecule has 0 aromatic heterocycles. The van der Waals surface area contributed by atoms with Crippen LogP contribution in [-0.2, 0) is 13.2 Å². The SMILES string of the molecule is CCCNCc1ccc(OCc2cccc(C)c2)c(F)c1. The van der Waals surface area contributed by atoms with Crippen LogP contribution in [0.3, 0.4) is 0 Å². The minimum atomic E-state index is -0.307. The average Bonchev–Trinajstić information content (AvgIpc) is 2.47. The molecule has 0 aliphatic rings. The van der Waals surface area contributed by atoms with Gasteiger partial charge in [0.2, 0.25) is 0 Å². The van der Waals surface area contributed by atoms with Gasteiger partial charge in [0.25, 0.3) is 0 Å². The van der Waals surface area contributed by atoms with Crippen LogP contribution in [0.2, 0.25) is 0 Å². The smallest absolute Gasteiger partial charge is 0.165 e. The van der Waals surface area contributed by atoms with Gasteiger partial charge in [-0.3, -0.25) is 0 Å². The van der Waals surface area contributed by atoms with Gasteiger partial charge in [0.05, 0.1) is 0 Å². The monoisotopic (exact) mass is 287 g/mol. The summed E-state index contributed by atoms with van der Waals surface area (Å²) in [5.74, 6) is -0.00537. The molecule has 3 heteroatoms. The third kappa shape index (κ3) is 4.87. The minimum Gasteiger partial charge on any atom is -0.486 e. The molecule has 2 aromatic rings. The van der Waals surface area contributed by atoms with E-state index in [-0.39, 0.29) is 5.82 Å². The summed E-state index contributed by atoms with van der Waals surface area (Å²) in [6.07, 6.45) is 1.07. The summed E-state index contributed by atoms with van der Waals surface area (Å²) in [7, 11) is 0. The molecular weight excluding hydrogens is 265 g/mol. The van der Waals surface area contributed by atoms with E-state index >= 15 is 0 Å². The standard InChI is InChI=1S/C18H22FNO/c1-3-9-20-12-15-7-8-18(17(19)11-15)21-13-16-6-4-5-14(2)10-16/h4-8,10-11,20H,3,9,12-13H2,1-2H3. The summed E-state index contributed by atoms with van der Waals surface area (Å²) in [5, 5.41) is 3.25. The van der Waals surface area contributed by atoms with Crippen molar-refractivity contribution in [3.63, 3.8) is 0 Å². The number of ether oxygens (including phenoxy) is 1. The first-order valence-electron chi connectivity index (χ1n) is 7.36. The molecule has 0 saturated heterocycles. The molecule has 0 aliphatic heterocycles. The highest BCUT2D eigenvalue weighted by Gasteiger charge is 2.05. The lowest BCUT2D eigenvalue weighted by molar-refractivity contribution is 0.290. The fraction of sp³-hybridized carbons (Fsp3) is 0.333. The highest BCUT2D eigenvalue weighted by molar-refractivity contribution is 5.30. The first-order chi connectivity index (χ1) is 10.2. The number of nitrogens with one attached hydrogen (secondary N) is 1. The van der Waals surface area contributed by atoms with Crippen LogP contribution >= 0.6 is 0 Å². The lowest BCUT2D eigenvalue weighted by Gasteiger charge is -2.10. The van der Waals surface area contributed by atoms with Gasteiger partial charge in [-0.15, -0.1) is 0 Å². The largest absolute Gasteiger partial charge is 0.486 e. The predicted molar refractivity (Wildman–Crippen MR) is 83.9 cm³/mol. The average molecular weight is 287 g/mol. The Bertz CT molecular complexity index is 583. The van der Waals surface area contributed by atoms with Crippen molar-refractivity contribution in [3.8, 4) is 5.75 Å². The van der Waals surface area contributed by atoms with Gasteiger partial charge in [-0.1, -0.05) is 42.8 Å².